The molecule has 1 aliphatic heterocycles. The van der Waals surface area contributed by atoms with E-state index < -0.39 is 11.7 Å². The maximum atomic E-state index is 12.6. The topological polar surface area (TPSA) is 25.4 Å². The molecule has 128 valence electrons. The third-order valence-electron chi connectivity index (χ3n) is 4.15. The minimum absolute atomic E-state index is 0.336. The fraction of sp³-hybridized carbons (Fsp3) is 0.389. The molecule has 0 bridgehead atoms. The van der Waals surface area contributed by atoms with Crippen molar-refractivity contribution in [3.8, 4) is 5.75 Å². The lowest BCUT2D eigenvalue weighted by molar-refractivity contribution is -0.137. The van der Waals surface area contributed by atoms with Crippen molar-refractivity contribution in [2.75, 3.05) is 24.6 Å². The van der Waals surface area contributed by atoms with Gasteiger partial charge in [-0.15, -0.1) is 0 Å². The van der Waals surface area contributed by atoms with Crippen molar-refractivity contribution in [1.82, 2.24) is 4.98 Å². The lowest BCUT2D eigenvalue weighted by Gasteiger charge is -2.33. The summed E-state index contributed by atoms with van der Waals surface area (Å²) in [7, 11) is 0. The van der Waals surface area contributed by atoms with E-state index in [1.807, 2.05) is 35.2 Å². The second kappa shape index (κ2) is 7.11. The summed E-state index contributed by atoms with van der Waals surface area (Å²) in [5, 5.41) is 0. The number of ether oxygens (including phenoxy) is 1. The summed E-state index contributed by atoms with van der Waals surface area (Å²) in [5.41, 5.74) is -0.716. The van der Waals surface area contributed by atoms with E-state index in [-0.39, 0.29) is 0 Å². The van der Waals surface area contributed by atoms with Crippen LogP contribution in [0, 0.1) is 5.92 Å². The lowest BCUT2D eigenvalue weighted by atomic mass is 9.99. The van der Waals surface area contributed by atoms with E-state index in [1.54, 1.807) is 0 Å². The van der Waals surface area contributed by atoms with Gasteiger partial charge in [0.05, 0.1) is 12.2 Å². The van der Waals surface area contributed by atoms with E-state index in [2.05, 4.69) is 4.98 Å². The molecular weight excluding hydrogens is 317 g/mol. The molecule has 6 heteroatoms. The summed E-state index contributed by atoms with van der Waals surface area (Å²) in [6.07, 6.45) is -1.42. The molecule has 2 heterocycles. The van der Waals surface area contributed by atoms with Gasteiger partial charge in [-0.2, -0.15) is 13.2 Å². The monoisotopic (exact) mass is 336 g/mol. The van der Waals surface area contributed by atoms with Gasteiger partial charge in [0.1, 0.15) is 11.6 Å². The van der Waals surface area contributed by atoms with E-state index >= 15 is 0 Å². The summed E-state index contributed by atoms with van der Waals surface area (Å²) in [6, 6.07) is 12.2. The summed E-state index contributed by atoms with van der Waals surface area (Å²) >= 11 is 0. The Labute approximate surface area is 139 Å². The number of halogens is 3. The van der Waals surface area contributed by atoms with Crippen LogP contribution < -0.4 is 9.64 Å². The molecule has 0 saturated carbocycles. The van der Waals surface area contributed by atoms with Gasteiger partial charge in [-0.1, -0.05) is 18.2 Å². The van der Waals surface area contributed by atoms with Crippen LogP contribution in [0.25, 0.3) is 0 Å². The number of para-hydroxylation sites is 1. The van der Waals surface area contributed by atoms with Crippen molar-refractivity contribution in [3.05, 3.63) is 54.2 Å². The first-order chi connectivity index (χ1) is 11.5. The molecule has 1 unspecified atom stereocenters. The number of piperidine rings is 1. The molecule has 1 aromatic heterocycles. The second-order valence-electron chi connectivity index (χ2n) is 5.98. The van der Waals surface area contributed by atoms with Crippen LogP contribution in [0.4, 0.5) is 19.0 Å². The van der Waals surface area contributed by atoms with E-state index in [4.69, 9.17) is 4.74 Å². The fourth-order valence-corrected chi connectivity index (χ4v) is 2.88. The highest BCUT2D eigenvalue weighted by Gasteiger charge is 2.31. The van der Waals surface area contributed by atoms with Crippen LogP contribution >= 0.6 is 0 Å². The van der Waals surface area contributed by atoms with Gasteiger partial charge >= 0.3 is 6.18 Å². The van der Waals surface area contributed by atoms with Crippen molar-refractivity contribution in [2.45, 2.75) is 19.0 Å². The Morgan fingerprint density at radius 2 is 1.92 bits per heavy atom. The number of aromatic nitrogens is 1. The van der Waals surface area contributed by atoms with Crippen LogP contribution in [-0.2, 0) is 6.18 Å². The number of hydrogen-bond donors (Lipinski definition) is 0. The molecule has 24 heavy (non-hydrogen) atoms. The molecule has 3 rings (SSSR count). The number of rotatable bonds is 4. The molecule has 0 N–H and O–H groups in total. The smallest absolute Gasteiger partial charge is 0.417 e. The SMILES string of the molecule is FC(F)(F)c1ccc(N2CCCC(COc3ccccc3)C2)nc1. The molecule has 1 aliphatic rings. The Kier molecular flexibility index (Phi) is 4.92. The number of pyridine rings is 1. The van der Waals surface area contributed by atoms with Gasteiger partial charge in [0.15, 0.2) is 0 Å². The van der Waals surface area contributed by atoms with Gasteiger partial charge in [-0.05, 0) is 37.1 Å². The first kappa shape index (κ1) is 16.6. The fourth-order valence-electron chi connectivity index (χ4n) is 2.88. The number of alkyl halides is 3. The van der Waals surface area contributed by atoms with Crippen LogP contribution in [0.5, 0.6) is 5.75 Å². The minimum Gasteiger partial charge on any atom is -0.493 e. The molecule has 3 nitrogen and oxygen atoms in total. The van der Waals surface area contributed by atoms with Crippen molar-refractivity contribution in [2.24, 2.45) is 5.92 Å². The molecule has 2 aromatic rings. The largest absolute Gasteiger partial charge is 0.493 e. The summed E-state index contributed by atoms with van der Waals surface area (Å²) in [4.78, 5) is 6.02. The van der Waals surface area contributed by atoms with E-state index in [0.717, 1.165) is 43.9 Å². The van der Waals surface area contributed by atoms with Gasteiger partial charge < -0.3 is 9.64 Å². The summed E-state index contributed by atoms with van der Waals surface area (Å²) in [5.74, 6) is 1.76. The maximum absolute atomic E-state index is 12.6. The van der Waals surface area contributed by atoms with Crippen LogP contribution in [0.15, 0.2) is 48.7 Å². The number of hydrogen-bond acceptors (Lipinski definition) is 3. The second-order valence-corrected chi connectivity index (χ2v) is 5.98. The van der Waals surface area contributed by atoms with E-state index in [1.165, 1.54) is 6.07 Å². The third-order valence-corrected chi connectivity index (χ3v) is 4.15. The zero-order valence-electron chi connectivity index (χ0n) is 13.2. The zero-order valence-corrected chi connectivity index (χ0v) is 13.2. The Balaban J connectivity index is 1.59. The van der Waals surface area contributed by atoms with E-state index in [9.17, 15) is 13.2 Å². The van der Waals surface area contributed by atoms with Crippen molar-refractivity contribution < 1.29 is 17.9 Å². The van der Waals surface area contributed by atoms with E-state index in [0.29, 0.717) is 18.3 Å². The first-order valence-corrected chi connectivity index (χ1v) is 7.98. The quantitative estimate of drug-likeness (QED) is 0.828. The Morgan fingerprint density at radius 1 is 1.12 bits per heavy atom. The Hall–Kier alpha value is -2.24. The predicted molar refractivity (Wildman–Crippen MR) is 86.1 cm³/mol. The van der Waals surface area contributed by atoms with Crippen molar-refractivity contribution in [1.29, 1.82) is 0 Å². The third kappa shape index (κ3) is 4.19. The highest BCUT2D eigenvalue weighted by molar-refractivity contribution is 5.40. The molecule has 0 radical (unpaired) electrons. The molecule has 0 aliphatic carbocycles. The number of nitrogens with zero attached hydrogens (tertiary/aromatic N) is 2. The number of benzene rings is 1. The molecule has 1 fully saturated rings. The van der Waals surface area contributed by atoms with Gasteiger partial charge in [0, 0.05) is 25.2 Å². The summed E-state index contributed by atoms with van der Waals surface area (Å²) in [6.45, 7) is 2.15. The average Bonchev–Trinajstić information content (AvgIpc) is 2.60. The Morgan fingerprint density at radius 3 is 2.58 bits per heavy atom. The van der Waals surface area contributed by atoms with Gasteiger partial charge in [0.25, 0.3) is 0 Å². The van der Waals surface area contributed by atoms with Gasteiger partial charge in [-0.25, -0.2) is 4.98 Å². The Bertz CT molecular complexity index is 644. The molecule has 1 atom stereocenters. The molecule has 0 amide bonds. The molecule has 1 aromatic carbocycles. The average molecular weight is 336 g/mol. The maximum Gasteiger partial charge on any atom is 0.417 e. The van der Waals surface area contributed by atoms with Gasteiger partial charge in [0.2, 0.25) is 0 Å². The van der Waals surface area contributed by atoms with Crippen LogP contribution in [-0.4, -0.2) is 24.7 Å². The van der Waals surface area contributed by atoms with Crippen LogP contribution in [0.2, 0.25) is 0 Å². The summed E-state index contributed by atoms with van der Waals surface area (Å²) < 4.78 is 43.6. The highest BCUT2D eigenvalue weighted by Crippen LogP contribution is 2.30. The molecule has 1 saturated heterocycles. The minimum atomic E-state index is -4.35. The van der Waals surface area contributed by atoms with Crippen LogP contribution in [0.1, 0.15) is 18.4 Å². The van der Waals surface area contributed by atoms with Crippen molar-refractivity contribution >= 4 is 5.82 Å². The lowest BCUT2D eigenvalue weighted by Crippen LogP contribution is -2.38. The van der Waals surface area contributed by atoms with Gasteiger partial charge in [-0.3, -0.25) is 0 Å². The number of anilines is 1. The standard InChI is InChI=1S/C18H19F3N2O/c19-18(20,21)15-8-9-17(22-11-15)23-10-4-5-14(12-23)13-24-16-6-2-1-3-7-16/h1-3,6-9,11,14H,4-5,10,12-13H2. The molecular formula is C18H19F3N2O. The van der Waals surface area contributed by atoms with Crippen molar-refractivity contribution in [3.63, 3.8) is 0 Å². The van der Waals surface area contributed by atoms with Crippen LogP contribution in [0.3, 0.4) is 0 Å². The highest BCUT2D eigenvalue weighted by atomic mass is 19.4. The zero-order chi connectivity index (χ0) is 17.0. The predicted octanol–water partition coefficient (Wildman–Crippen LogP) is 4.40. The normalized spacial score (nSPS) is 18.5. The first-order valence-electron chi connectivity index (χ1n) is 7.98. The molecule has 0 spiro atoms.